The molecule has 1 saturated heterocycles. The maximum absolute atomic E-state index is 11.1. The Labute approximate surface area is 111 Å². The SMILES string of the molecule is CCNC(C)C1CCN(CCCC(=O)NC)CC1. The van der Waals surface area contributed by atoms with Crippen LogP contribution in [0.4, 0.5) is 0 Å². The molecule has 1 unspecified atom stereocenters. The first-order chi connectivity index (χ1) is 8.67. The zero-order valence-corrected chi connectivity index (χ0v) is 12.2. The van der Waals surface area contributed by atoms with Crippen LogP contribution in [0.2, 0.25) is 0 Å². The van der Waals surface area contributed by atoms with Crippen molar-refractivity contribution in [3.63, 3.8) is 0 Å². The molecule has 0 saturated carbocycles. The van der Waals surface area contributed by atoms with Crippen molar-refractivity contribution in [3.8, 4) is 0 Å². The fraction of sp³-hybridized carbons (Fsp3) is 0.929. The highest BCUT2D eigenvalue weighted by atomic mass is 16.1. The molecule has 1 heterocycles. The Hall–Kier alpha value is -0.610. The second kappa shape index (κ2) is 8.48. The highest BCUT2D eigenvalue weighted by molar-refractivity contribution is 5.75. The summed E-state index contributed by atoms with van der Waals surface area (Å²) in [7, 11) is 1.70. The van der Waals surface area contributed by atoms with E-state index in [1.807, 2.05) is 0 Å². The third kappa shape index (κ3) is 5.36. The normalized spacial score (nSPS) is 19.7. The summed E-state index contributed by atoms with van der Waals surface area (Å²) in [5.41, 5.74) is 0. The van der Waals surface area contributed by atoms with Gasteiger partial charge in [-0.2, -0.15) is 0 Å². The number of nitrogens with one attached hydrogen (secondary N) is 2. The standard InChI is InChI=1S/C14H29N3O/c1-4-16-12(2)13-7-10-17(11-8-13)9-5-6-14(18)15-3/h12-13,16H,4-11H2,1-3H3,(H,15,18). The summed E-state index contributed by atoms with van der Waals surface area (Å²) < 4.78 is 0. The molecular formula is C14H29N3O. The van der Waals surface area contributed by atoms with Crippen LogP contribution in [0.3, 0.4) is 0 Å². The van der Waals surface area contributed by atoms with Crippen LogP contribution in [-0.4, -0.2) is 50.1 Å². The van der Waals surface area contributed by atoms with E-state index in [9.17, 15) is 4.79 Å². The van der Waals surface area contributed by atoms with Gasteiger partial charge in [-0.1, -0.05) is 6.92 Å². The molecule has 1 amide bonds. The Morgan fingerprint density at radius 2 is 2.06 bits per heavy atom. The number of carbonyl (C=O) groups excluding carboxylic acids is 1. The van der Waals surface area contributed by atoms with Gasteiger partial charge in [0.15, 0.2) is 0 Å². The molecule has 1 atom stereocenters. The van der Waals surface area contributed by atoms with Gasteiger partial charge in [-0.25, -0.2) is 0 Å². The fourth-order valence-corrected chi connectivity index (χ4v) is 2.75. The fourth-order valence-electron chi connectivity index (χ4n) is 2.75. The first-order valence-corrected chi connectivity index (χ1v) is 7.33. The number of nitrogens with zero attached hydrogens (tertiary/aromatic N) is 1. The minimum atomic E-state index is 0.158. The van der Waals surface area contributed by atoms with Crippen LogP contribution in [0.5, 0.6) is 0 Å². The Kier molecular flexibility index (Phi) is 7.28. The summed E-state index contributed by atoms with van der Waals surface area (Å²) in [6, 6.07) is 0.642. The lowest BCUT2D eigenvalue weighted by Gasteiger charge is -2.35. The topological polar surface area (TPSA) is 44.4 Å². The van der Waals surface area contributed by atoms with E-state index in [4.69, 9.17) is 0 Å². The maximum atomic E-state index is 11.1. The van der Waals surface area contributed by atoms with Gasteiger partial charge in [0.25, 0.3) is 0 Å². The number of rotatable bonds is 7. The largest absolute Gasteiger partial charge is 0.359 e. The first kappa shape index (κ1) is 15.4. The van der Waals surface area contributed by atoms with Crippen LogP contribution in [0.1, 0.15) is 39.5 Å². The average Bonchev–Trinajstić information content (AvgIpc) is 2.39. The Balaban J connectivity index is 2.13. The molecule has 0 aromatic rings. The predicted octanol–water partition coefficient (Wildman–Crippen LogP) is 1.22. The molecule has 18 heavy (non-hydrogen) atoms. The number of hydrogen-bond donors (Lipinski definition) is 2. The first-order valence-electron chi connectivity index (χ1n) is 7.33. The van der Waals surface area contributed by atoms with Crippen molar-refractivity contribution in [3.05, 3.63) is 0 Å². The van der Waals surface area contributed by atoms with Crippen LogP contribution in [-0.2, 0) is 4.79 Å². The number of hydrogen-bond acceptors (Lipinski definition) is 3. The summed E-state index contributed by atoms with van der Waals surface area (Å²) >= 11 is 0. The van der Waals surface area contributed by atoms with E-state index in [0.717, 1.165) is 25.4 Å². The van der Waals surface area contributed by atoms with E-state index in [0.29, 0.717) is 12.5 Å². The smallest absolute Gasteiger partial charge is 0.219 e. The minimum absolute atomic E-state index is 0.158. The summed E-state index contributed by atoms with van der Waals surface area (Å²) in [6.07, 6.45) is 4.21. The second-order valence-corrected chi connectivity index (χ2v) is 5.30. The molecule has 2 N–H and O–H groups in total. The van der Waals surface area contributed by atoms with Crippen LogP contribution in [0.25, 0.3) is 0 Å². The Morgan fingerprint density at radius 1 is 1.39 bits per heavy atom. The van der Waals surface area contributed by atoms with E-state index in [1.165, 1.54) is 25.9 Å². The van der Waals surface area contributed by atoms with Gasteiger partial charge in [-0.15, -0.1) is 0 Å². The molecule has 0 aliphatic carbocycles. The lowest BCUT2D eigenvalue weighted by molar-refractivity contribution is -0.120. The summed E-state index contributed by atoms with van der Waals surface area (Å²) in [6.45, 7) is 8.98. The van der Waals surface area contributed by atoms with Crippen LogP contribution >= 0.6 is 0 Å². The second-order valence-electron chi connectivity index (χ2n) is 5.30. The Morgan fingerprint density at radius 3 is 2.61 bits per heavy atom. The summed E-state index contributed by atoms with van der Waals surface area (Å²) in [5, 5.41) is 6.20. The van der Waals surface area contributed by atoms with Gasteiger partial charge in [0.1, 0.15) is 0 Å². The average molecular weight is 255 g/mol. The molecule has 1 aliphatic heterocycles. The van der Waals surface area contributed by atoms with E-state index in [2.05, 4.69) is 29.4 Å². The molecular weight excluding hydrogens is 226 g/mol. The van der Waals surface area contributed by atoms with E-state index in [1.54, 1.807) is 7.05 Å². The Bertz CT molecular complexity index is 237. The van der Waals surface area contributed by atoms with Gasteiger partial charge in [-0.3, -0.25) is 4.79 Å². The number of amides is 1. The van der Waals surface area contributed by atoms with Crippen molar-refractivity contribution in [2.75, 3.05) is 33.2 Å². The van der Waals surface area contributed by atoms with E-state index >= 15 is 0 Å². The highest BCUT2D eigenvalue weighted by Crippen LogP contribution is 2.20. The van der Waals surface area contributed by atoms with E-state index in [-0.39, 0.29) is 5.91 Å². The molecule has 1 rings (SSSR count). The summed E-state index contributed by atoms with van der Waals surface area (Å²) in [5.74, 6) is 0.978. The van der Waals surface area contributed by atoms with Crippen LogP contribution in [0, 0.1) is 5.92 Å². The third-order valence-corrected chi connectivity index (χ3v) is 4.02. The number of carbonyl (C=O) groups is 1. The molecule has 1 fully saturated rings. The molecule has 0 aromatic carbocycles. The zero-order valence-electron chi connectivity index (χ0n) is 12.2. The van der Waals surface area contributed by atoms with Gasteiger partial charge in [0.2, 0.25) is 5.91 Å². The molecule has 4 nitrogen and oxygen atoms in total. The quantitative estimate of drug-likeness (QED) is 0.719. The highest BCUT2D eigenvalue weighted by Gasteiger charge is 2.22. The number of likely N-dealkylation sites (tertiary alicyclic amines) is 1. The zero-order chi connectivity index (χ0) is 13.4. The van der Waals surface area contributed by atoms with Gasteiger partial charge in [-0.05, 0) is 58.3 Å². The van der Waals surface area contributed by atoms with Gasteiger partial charge in [0, 0.05) is 19.5 Å². The monoisotopic (exact) mass is 255 g/mol. The van der Waals surface area contributed by atoms with Crippen molar-refractivity contribution < 1.29 is 4.79 Å². The molecule has 0 aromatic heterocycles. The predicted molar refractivity (Wildman–Crippen MR) is 75.6 cm³/mol. The van der Waals surface area contributed by atoms with Crippen LogP contribution in [0.15, 0.2) is 0 Å². The lowest BCUT2D eigenvalue weighted by Crippen LogP contribution is -2.42. The molecule has 1 aliphatic rings. The van der Waals surface area contributed by atoms with Crippen molar-refractivity contribution in [2.24, 2.45) is 5.92 Å². The lowest BCUT2D eigenvalue weighted by atomic mass is 9.90. The van der Waals surface area contributed by atoms with Crippen molar-refractivity contribution >= 4 is 5.91 Å². The summed E-state index contributed by atoms with van der Waals surface area (Å²) in [4.78, 5) is 13.6. The maximum Gasteiger partial charge on any atom is 0.219 e. The molecule has 4 heteroatoms. The van der Waals surface area contributed by atoms with Crippen molar-refractivity contribution in [2.45, 2.75) is 45.6 Å². The van der Waals surface area contributed by atoms with Gasteiger partial charge in [0.05, 0.1) is 0 Å². The van der Waals surface area contributed by atoms with Gasteiger partial charge < -0.3 is 15.5 Å². The molecule has 0 spiro atoms. The minimum Gasteiger partial charge on any atom is -0.359 e. The third-order valence-electron chi connectivity index (χ3n) is 4.02. The molecule has 0 radical (unpaired) electrons. The van der Waals surface area contributed by atoms with Gasteiger partial charge >= 0.3 is 0 Å². The van der Waals surface area contributed by atoms with E-state index < -0.39 is 0 Å². The number of piperidine rings is 1. The van der Waals surface area contributed by atoms with Crippen molar-refractivity contribution in [1.29, 1.82) is 0 Å². The molecule has 0 bridgehead atoms. The van der Waals surface area contributed by atoms with Crippen molar-refractivity contribution in [1.82, 2.24) is 15.5 Å². The van der Waals surface area contributed by atoms with Crippen LogP contribution < -0.4 is 10.6 Å². The molecule has 106 valence electrons.